The van der Waals surface area contributed by atoms with E-state index in [4.69, 9.17) is 5.11 Å². The van der Waals surface area contributed by atoms with E-state index >= 15 is 0 Å². The number of hydrogen-bond donors (Lipinski definition) is 1. The molecule has 1 unspecified atom stereocenters. The molecule has 2 nitrogen and oxygen atoms in total. The molecule has 0 aromatic rings. The van der Waals surface area contributed by atoms with Gasteiger partial charge in [0, 0.05) is 0 Å². The Morgan fingerprint density at radius 1 is 1.50 bits per heavy atom. The van der Waals surface area contributed by atoms with Gasteiger partial charge in [-0.25, -0.2) is 9.18 Å². The van der Waals surface area contributed by atoms with Gasteiger partial charge in [-0.1, -0.05) is 0 Å². The van der Waals surface area contributed by atoms with Crippen LogP contribution < -0.4 is 0 Å². The van der Waals surface area contributed by atoms with Crippen molar-refractivity contribution in [1.29, 1.82) is 0 Å². The first-order valence-corrected chi connectivity index (χ1v) is 3.04. The topological polar surface area (TPSA) is 37.3 Å². The third kappa shape index (κ3) is 1.76. The normalized spacial score (nSPS) is 18.1. The molecule has 0 amide bonds. The maximum atomic E-state index is 12.2. The fourth-order valence-electron chi connectivity index (χ4n) is 0.121. The zero-order valence-electron chi connectivity index (χ0n) is 4.25. The van der Waals surface area contributed by atoms with Gasteiger partial charge in [0.15, 0.2) is 0 Å². The van der Waals surface area contributed by atoms with Crippen LogP contribution in [0.25, 0.3) is 0 Å². The minimum Gasteiger partial charge on any atom is -0.478 e. The number of hydrogen-bond acceptors (Lipinski definition) is 1. The smallest absolute Gasteiger partial charge is 0.376 e. The molecule has 0 bridgehead atoms. The quantitative estimate of drug-likeness (QED) is 0.750. The van der Waals surface area contributed by atoms with Crippen LogP contribution in [0.1, 0.15) is 0 Å². The first kappa shape index (κ1) is 10.0. The molecule has 1 atom stereocenters. The maximum absolute atomic E-state index is 12.2. The highest BCUT2D eigenvalue weighted by Gasteiger charge is 2.58. The Labute approximate surface area is 67.1 Å². The van der Waals surface area contributed by atoms with Crippen molar-refractivity contribution in [3.8, 4) is 0 Å². The van der Waals surface area contributed by atoms with E-state index < -0.39 is 15.9 Å². The molecular weight excluding hydrogens is 240 g/mol. The summed E-state index contributed by atoms with van der Waals surface area (Å²) in [6.07, 6.45) is 0. The molecule has 0 saturated heterocycles. The van der Waals surface area contributed by atoms with Crippen LogP contribution in [0.4, 0.5) is 13.2 Å². The summed E-state index contributed by atoms with van der Waals surface area (Å²) >= 11 is 5.70. The van der Waals surface area contributed by atoms with Gasteiger partial charge in [0.05, 0.1) is 0 Å². The molecule has 0 heterocycles. The highest BCUT2D eigenvalue weighted by molar-refractivity contribution is 9.10. The van der Waals surface area contributed by atoms with Crippen molar-refractivity contribution in [3.63, 3.8) is 0 Å². The Balaban J connectivity index is 4.57. The number of carboxylic acids is 1. The number of carbonyl (C=O) groups is 1. The van der Waals surface area contributed by atoms with Gasteiger partial charge in [-0.3, -0.25) is 0 Å². The van der Waals surface area contributed by atoms with Gasteiger partial charge in [-0.2, -0.15) is 8.78 Å². The van der Waals surface area contributed by atoms with E-state index in [2.05, 4.69) is 11.6 Å². The van der Waals surface area contributed by atoms with E-state index in [9.17, 15) is 18.0 Å². The predicted molar refractivity (Wildman–Crippen MR) is 31.2 cm³/mol. The lowest BCUT2D eigenvalue weighted by atomic mass is 10.4. The first-order chi connectivity index (χ1) is 4.19. The highest BCUT2D eigenvalue weighted by Crippen LogP contribution is 2.41. The molecule has 0 aliphatic carbocycles. The van der Waals surface area contributed by atoms with Crippen molar-refractivity contribution in [2.45, 2.75) is 9.96 Å². The molecule has 1 N–H and O–H groups in total. The zero-order chi connectivity index (χ0) is 8.58. The fraction of sp³-hybridized carbons (Fsp3) is 0.667. The molecule has 0 aliphatic rings. The van der Waals surface area contributed by atoms with Crippen LogP contribution >= 0.6 is 27.5 Å². The fourth-order valence-corrected chi connectivity index (χ4v) is 0.202. The molecule has 0 aliphatic heterocycles. The third-order valence-corrected chi connectivity index (χ3v) is 1.95. The predicted octanol–water partition coefficient (Wildman–Crippen LogP) is 1.96. The number of rotatable bonds is 2. The Bertz CT molecular complexity index is 154. The standard InChI is InChI=1S/C3HBrClF3O2/c4-2(6,1(9)10)3(5,7)8/h(H,9,10). The Morgan fingerprint density at radius 3 is 1.80 bits per heavy atom. The second-order valence-corrected chi connectivity index (χ2v) is 2.94. The van der Waals surface area contributed by atoms with Crippen LogP contribution in [0.5, 0.6) is 0 Å². The summed E-state index contributed by atoms with van der Waals surface area (Å²) in [7, 11) is 0. The van der Waals surface area contributed by atoms with E-state index in [1.54, 1.807) is 15.9 Å². The number of alkyl halides is 5. The van der Waals surface area contributed by atoms with Gasteiger partial charge in [-0.15, -0.1) is 0 Å². The average molecular weight is 241 g/mol. The van der Waals surface area contributed by atoms with Crippen LogP contribution in [0.3, 0.4) is 0 Å². The van der Waals surface area contributed by atoms with Crippen molar-refractivity contribution >= 4 is 33.5 Å². The van der Waals surface area contributed by atoms with E-state index in [0.717, 1.165) is 0 Å². The van der Waals surface area contributed by atoms with E-state index in [1.165, 1.54) is 0 Å². The van der Waals surface area contributed by atoms with Crippen LogP contribution in [-0.2, 0) is 4.79 Å². The van der Waals surface area contributed by atoms with Crippen molar-refractivity contribution in [3.05, 3.63) is 0 Å². The number of halogens is 5. The van der Waals surface area contributed by atoms with Crippen LogP contribution in [-0.4, -0.2) is 21.0 Å². The molecule has 60 valence electrons. The Morgan fingerprint density at radius 2 is 1.80 bits per heavy atom. The second kappa shape index (κ2) is 2.58. The van der Waals surface area contributed by atoms with Crippen molar-refractivity contribution in [2.24, 2.45) is 0 Å². The van der Waals surface area contributed by atoms with Crippen molar-refractivity contribution in [2.75, 3.05) is 0 Å². The first-order valence-electron chi connectivity index (χ1n) is 1.87. The van der Waals surface area contributed by atoms with Gasteiger partial charge >= 0.3 is 15.9 Å². The van der Waals surface area contributed by atoms with Crippen molar-refractivity contribution in [1.82, 2.24) is 0 Å². The summed E-state index contributed by atoms with van der Waals surface area (Å²) in [5.41, 5.74) is 0. The van der Waals surface area contributed by atoms with E-state index in [1.807, 2.05) is 0 Å². The lowest BCUT2D eigenvalue weighted by Crippen LogP contribution is -2.41. The lowest BCUT2D eigenvalue weighted by molar-refractivity contribution is -0.154. The minimum absolute atomic E-state index is 1.62. The Hall–Kier alpha value is 0.0300. The SMILES string of the molecule is O=C(O)C(F)(Br)C(F)(F)Cl. The van der Waals surface area contributed by atoms with Crippen LogP contribution in [0.2, 0.25) is 0 Å². The van der Waals surface area contributed by atoms with Gasteiger partial charge in [-0.05, 0) is 27.5 Å². The van der Waals surface area contributed by atoms with Gasteiger partial charge < -0.3 is 5.11 Å². The average Bonchev–Trinajstić information content (AvgIpc) is 1.62. The number of aliphatic carboxylic acids is 1. The molecule has 0 rings (SSSR count). The second-order valence-electron chi connectivity index (χ2n) is 1.38. The summed E-state index contributed by atoms with van der Waals surface area (Å²) < 4.78 is 31.7. The summed E-state index contributed by atoms with van der Waals surface area (Å²) in [5, 5.41) is 3.33. The molecular formula is C3HBrClF3O2. The molecule has 0 spiro atoms. The third-order valence-electron chi connectivity index (χ3n) is 0.625. The maximum Gasteiger partial charge on any atom is 0.376 e. The monoisotopic (exact) mass is 240 g/mol. The van der Waals surface area contributed by atoms with Gasteiger partial charge in [0.2, 0.25) is 0 Å². The van der Waals surface area contributed by atoms with E-state index in [0.29, 0.717) is 0 Å². The molecule has 0 saturated carbocycles. The minimum atomic E-state index is -4.46. The summed E-state index contributed by atoms with van der Waals surface area (Å²) in [6.45, 7) is 0. The lowest BCUT2D eigenvalue weighted by Gasteiger charge is -2.17. The Kier molecular flexibility index (Phi) is 2.59. The van der Waals surface area contributed by atoms with Crippen LogP contribution in [0.15, 0.2) is 0 Å². The van der Waals surface area contributed by atoms with Crippen molar-refractivity contribution < 1.29 is 23.1 Å². The van der Waals surface area contributed by atoms with Crippen LogP contribution in [0, 0.1) is 0 Å². The highest BCUT2D eigenvalue weighted by atomic mass is 79.9. The van der Waals surface area contributed by atoms with Gasteiger partial charge in [0.25, 0.3) is 0 Å². The molecule has 7 heteroatoms. The molecule has 0 radical (unpaired) electrons. The summed E-state index contributed by atoms with van der Waals surface area (Å²) in [4.78, 5) is 9.68. The molecule has 0 aromatic carbocycles. The molecule has 0 fully saturated rings. The molecule has 0 aromatic heterocycles. The summed E-state index contributed by atoms with van der Waals surface area (Å²) in [5.74, 6) is -2.37. The van der Waals surface area contributed by atoms with E-state index in [-0.39, 0.29) is 0 Å². The molecule has 10 heavy (non-hydrogen) atoms. The van der Waals surface area contributed by atoms with Gasteiger partial charge in [0.1, 0.15) is 0 Å². The zero-order valence-corrected chi connectivity index (χ0v) is 6.59. The summed E-state index contributed by atoms with van der Waals surface area (Å²) in [6, 6.07) is 0. The largest absolute Gasteiger partial charge is 0.478 e. The number of carboxylic acid groups (broad SMARTS) is 1.